The second kappa shape index (κ2) is 16.8. The van der Waals surface area contributed by atoms with Crippen LogP contribution >= 0.6 is 11.6 Å². The van der Waals surface area contributed by atoms with Crippen molar-refractivity contribution in [1.82, 2.24) is 19.9 Å². The molecule has 6 aromatic rings. The van der Waals surface area contributed by atoms with Crippen molar-refractivity contribution in [3.63, 3.8) is 0 Å². The summed E-state index contributed by atoms with van der Waals surface area (Å²) in [6, 6.07) is 12.2. The zero-order chi connectivity index (χ0) is 42.8. The molecule has 0 fully saturated rings. The molecule has 0 radical (unpaired) electrons. The molecule has 6 N–H and O–H groups in total. The monoisotopic (exact) mass is 871 g/mol. The number of hydrogen-bond donors (Lipinski definition) is 5. The number of fused-ring (bicyclic) bond motifs is 1. The maximum Gasteiger partial charge on any atom is 0.296 e. The van der Waals surface area contributed by atoms with E-state index in [0.717, 1.165) is 36.4 Å². The number of anilines is 4. The maximum atomic E-state index is 14.0. The number of halogens is 4. The van der Waals surface area contributed by atoms with E-state index in [-0.39, 0.29) is 45.0 Å². The van der Waals surface area contributed by atoms with Crippen LogP contribution in [0.2, 0.25) is 5.02 Å². The maximum absolute atomic E-state index is 14.0. The Bertz CT molecular complexity index is 2910. The van der Waals surface area contributed by atoms with Crippen LogP contribution in [0.3, 0.4) is 0 Å². The molecule has 0 aliphatic heterocycles. The van der Waals surface area contributed by atoms with Crippen molar-refractivity contribution in [2.45, 2.75) is 29.6 Å². The van der Waals surface area contributed by atoms with Gasteiger partial charge in [0.05, 0.1) is 16.8 Å². The van der Waals surface area contributed by atoms with Crippen molar-refractivity contribution in [1.29, 1.82) is 0 Å². The lowest BCUT2D eigenvalue weighted by Crippen LogP contribution is -2.22. The van der Waals surface area contributed by atoms with Crippen LogP contribution in [-0.4, -0.2) is 64.6 Å². The molecule has 59 heavy (non-hydrogen) atoms. The number of rotatable bonds is 13. The first-order valence-electron chi connectivity index (χ1n) is 16.7. The Labute approximate surface area is 337 Å². The SMILES string of the molecule is Cc1cc2cc(S(=O)(=O)O)c(N=Nc3ccc(CCCN(C)c4ncnc(F)c4F)cc3)c(N)c2c(O)c1N=Nc1cc(Nc2ncnc(F)c2Cl)ccc1S(=O)(=O)O. The molecule has 306 valence electrons. The molecule has 2 aromatic heterocycles. The molecule has 0 amide bonds. The molecule has 0 bridgehead atoms. The third-order valence-electron chi connectivity index (χ3n) is 8.57. The molecule has 18 nitrogen and oxygen atoms in total. The van der Waals surface area contributed by atoms with Gasteiger partial charge in [-0.3, -0.25) is 9.11 Å². The second-order valence-corrected chi connectivity index (χ2v) is 15.8. The van der Waals surface area contributed by atoms with Crippen LogP contribution in [0, 0.1) is 24.6 Å². The Morgan fingerprint density at radius 2 is 1.49 bits per heavy atom. The first-order valence-corrected chi connectivity index (χ1v) is 20.0. The molecule has 0 unspecified atom stereocenters. The van der Waals surface area contributed by atoms with Gasteiger partial charge in [-0.25, -0.2) is 19.9 Å². The standard InChI is InChI=1S/C35H29ClF3N11O7S2/c1-17-12-19-13-24(59(55,56)57)30(49-46-20-7-5-18(6-8-20)4-3-11-50(2)35-27(37)33(39)42-16-44-35)28(40)25(19)31(51)29(17)48-47-22-14-21(9-10-23(22)58(52,53)54)45-34-26(36)32(38)41-15-43-34/h5-10,12-16,51H,3-4,11,40H2,1-2H3,(H,41,43,45)(H,52,53,54)(H,55,56,57). The second-order valence-electron chi connectivity index (χ2n) is 12.6. The van der Waals surface area contributed by atoms with Gasteiger partial charge in [-0.15, -0.1) is 15.3 Å². The van der Waals surface area contributed by atoms with Gasteiger partial charge in [0, 0.05) is 19.3 Å². The number of nitrogens with zero attached hydrogens (tertiary/aromatic N) is 9. The largest absolute Gasteiger partial charge is 0.505 e. The average Bonchev–Trinajstić information content (AvgIpc) is 3.16. The Hall–Kier alpha value is -6.40. The van der Waals surface area contributed by atoms with Crippen molar-refractivity contribution in [3.05, 3.63) is 101 Å². The normalized spacial score (nSPS) is 12.2. The highest BCUT2D eigenvalue weighted by Gasteiger charge is 2.25. The van der Waals surface area contributed by atoms with E-state index in [4.69, 9.17) is 17.3 Å². The summed E-state index contributed by atoms with van der Waals surface area (Å²) in [5.41, 5.74) is 6.05. The molecule has 0 saturated heterocycles. The first kappa shape index (κ1) is 42.2. The van der Waals surface area contributed by atoms with E-state index in [0.29, 0.717) is 19.4 Å². The number of phenolic OH excluding ortho intramolecular Hbond substituents is 1. The molecular formula is C35H29ClF3N11O7S2. The molecule has 0 aliphatic carbocycles. The van der Waals surface area contributed by atoms with Crippen molar-refractivity contribution >= 4 is 88.4 Å². The molecule has 4 aromatic carbocycles. The number of nitrogens with two attached hydrogens (primary N) is 1. The summed E-state index contributed by atoms with van der Waals surface area (Å²) < 4.78 is 111. The van der Waals surface area contributed by atoms with E-state index < -0.39 is 75.6 Å². The quantitative estimate of drug-likeness (QED) is 0.0317. The van der Waals surface area contributed by atoms with Crippen molar-refractivity contribution in [2.75, 3.05) is 29.5 Å². The van der Waals surface area contributed by atoms with Gasteiger partial charge >= 0.3 is 0 Å². The van der Waals surface area contributed by atoms with Crippen LogP contribution in [0.4, 0.5) is 58.9 Å². The van der Waals surface area contributed by atoms with Gasteiger partial charge < -0.3 is 21.1 Å². The summed E-state index contributed by atoms with van der Waals surface area (Å²) in [4.78, 5) is 14.1. The smallest absolute Gasteiger partial charge is 0.296 e. The molecule has 0 spiro atoms. The summed E-state index contributed by atoms with van der Waals surface area (Å²) >= 11 is 5.91. The van der Waals surface area contributed by atoms with E-state index in [9.17, 15) is 44.2 Å². The minimum Gasteiger partial charge on any atom is -0.505 e. The van der Waals surface area contributed by atoms with Gasteiger partial charge in [-0.2, -0.15) is 35.1 Å². The minimum atomic E-state index is -4.97. The minimum absolute atomic E-state index is 0.0318. The fourth-order valence-corrected chi connectivity index (χ4v) is 7.16. The molecule has 2 heterocycles. The lowest BCUT2D eigenvalue weighted by atomic mass is 10.0. The number of azo groups is 2. The van der Waals surface area contributed by atoms with Gasteiger partial charge in [0.1, 0.15) is 44.5 Å². The van der Waals surface area contributed by atoms with Crippen LogP contribution in [0.1, 0.15) is 17.5 Å². The van der Waals surface area contributed by atoms with E-state index in [1.54, 1.807) is 31.3 Å². The lowest BCUT2D eigenvalue weighted by molar-refractivity contribution is 0.472. The highest BCUT2D eigenvalue weighted by atomic mass is 35.5. The van der Waals surface area contributed by atoms with Gasteiger partial charge in [-0.1, -0.05) is 23.7 Å². The van der Waals surface area contributed by atoms with Gasteiger partial charge in [-0.05, 0) is 78.7 Å². The van der Waals surface area contributed by atoms with Crippen LogP contribution in [0.25, 0.3) is 10.8 Å². The zero-order valence-electron chi connectivity index (χ0n) is 30.4. The van der Waals surface area contributed by atoms with Crippen molar-refractivity contribution in [2.24, 2.45) is 20.5 Å². The summed E-state index contributed by atoms with van der Waals surface area (Å²) in [6.45, 7) is 1.79. The highest BCUT2D eigenvalue weighted by Crippen LogP contribution is 2.47. The molecule has 24 heteroatoms. The predicted octanol–water partition coefficient (Wildman–Crippen LogP) is 8.22. The molecule has 6 rings (SSSR count). The summed E-state index contributed by atoms with van der Waals surface area (Å²) in [6.07, 6.45) is 2.88. The molecule has 0 atom stereocenters. The third-order valence-corrected chi connectivity index (χ3v) is 10.7. The highest BCUT2D eigenvalue weighted by molar-refractivity contribution is 7.86. The topological polar surface area (TPSA) is 271 Å². The number of hydrogen-bond acceptors (Lipinski definition) is 16. The van der Waals surface area contributed by atoms with Gasteiger partial charge in [0.2, 0.25) is 11.8 Å². The van der Waals surface area contributed by atoms with Crippen molar-refractivity contribution < 1.29 is 44.2 Å². The molecular weight excluding hydrogens is 843 g/mol. The third kappa shape index (κ3) is 9.34. The van der Waals surface area contributed by atoms with E-state index >= 15 is 0 Å². The number of phenols is 1. The van der Waals surface area contributed by atoms with E-state index in [1.807, 2.05) is 0 Å². The van der Waals surface area contributed by atoms with Gasteiger partial charge in [0.25, 0.3) is 26.2 Å². The summed E-state index contributed by atoms with van der Waals surface area (Å²) in [5.74, 6) is -4.43. The Balaban J connectivity index is 1.30. The number of nitrogens with one attached hydrogen (secondary N) is 1. The Kier molecular flexibility index (Phi) is 12.0. The molecule has 0 aliphatic rings. The van der Waals surface area contributed by atoms with Crippen LogP contribution < -0.4 is 16.0 Å². The number of aromatic hydroxyl groups is 1. The summed E-state index contributed by atoms with van der Waals surface area (Å²) in [7, 11) is -8.30. The van der Waals surface area contributed by atoms with Crippen LogP contribution in [0.15, 0.2) is 97.5 Å². The predicted molar refractivity (Wildman–Crippen MR) is 209 cm³/mol. The van der Waals surface area contributed by atoms with E-state index in [2.05, 4.69) is 45.7 Å². The van der Waals surface area contributed by atoms with Crippen LogP contribution in [-0.2, 0) is 26.7 Å². The fraction of sp³-hybridized carbons (Fsp3) is 0.143. The Morgan fingerprint density at radius 1 is 0.831 bits per heavy atom. The number of nitrogen functional groups attached to an aromatic ring is 1. The average molecular weight is 872 g/mol. The number of aromatic nitrogens is 4. The van der Waals surface area contributed by atoms with Crippen LogP contribution in [0.5, 0.6) is 5.75 Å². The fourth-order valence-electron chi connectivity index (χ4n) is 5.74. The number of aryl methyl sites for hydroxylation is 2. The van der Waals surface area contributed by atoms with Crippen molar-refractivity contribution in [3.8, 4) is 5.75 Å². The zero-order valence-corrected chi connectivity index (χ0v) is 32.8. The lowest BCUT2D eigenvalue weighted by Gasteiger charge is -2.18. The Morgan fingerprint density at radius 3 is 2.19 bits per heavy atom. The van der Waals surface area contributed by atoms with E-state index in [1.165, 1.54) is 24.0 Å². The first-order chi connectivity index (χ1) is 27.8. The van der Waals surface area contributed by atoms with Gasteiger partial charge in [0.15, 0.2) is 17.4 Å². The summed E-state index contributed by atoms with van der Waals surface area (Å²) in [5, 5.41) is 29.6. The number of benzene rings is 4. The molecule has 0 saturated carbocycles.